The zero-order valence-electron chi connectivity index (χ0n) is 29.4. The number of carbonyl (C=O) groups excluding carboxylic acids is 2. The number of phenols is 1. The standard InChI is InChI=1S/C19H20ClFN2O3.C17H16ClFN2O3.C2H6/c1-11(13-5-6-16(25-2)15(21)9-13)23-18(24)17-14(20)7-8-22-19(17)26-10-12-3-4-12;18-12-5-6-20-17(24-9-10-1-2-10)15(12)16(23)21-8-11-3-4-14(22)13(19)7-11;1-2/h5-9,11-12H,3-4,10H2,1-2H3,(H,23,24);3-7,10,22H,1-2,8-9H2,(H,21,23);1-2H3. The van der Waals surface area contributed by atoms with Crippen LogP contribution in [0.25, 0.3) is 0 Å². The lowest BCUT2D eigenvalue weighted by molar-refractivity contribution is 0.0929. The molecular formula is C38H42Cl2F2N4O6. The molecule has 4 aromatic rings. The molecule has 0 saturated heterocycles. The van der Waals surface area contributed by atoms with Gasteiger partial charge in [-0.05, 0) is 92.0 Å². The third-order valence-corrected chi connectivity index (χ3v) is 8.61. The Hall–Kier alpha value is -4.68. The Bertz CT molecular complexity index is 1840. The van der Waals surface area contributed by atoms with Gasteiger partial charge in [-0.15, -0.1) is 0 Å². The second kappa shape index (κ2) is 19.2. The molecule has 6 rings (SSSR count). The molecule has 14 heteroatoms. The van der Waals surface area contributed by atoms with E-state index in [0.29, 0.717) is 36.2 Å². The van der Waals surface area contributed by atoms with E-state index < -0.39 is 35.2 Å². The van der Waals surface area contributed by atoms with Crippen LogP contribution < -0.4 is 24.8 Å². The van der Waals surface area contributed by atoms with Crippen molar-refractivity contribution in [3.8, 4) is 23.3 Å². The predicted octanol–water partition coefficient (Wildman–Crippen LogP) is 8.49. The fourth-order valence-corrected chi connectivity index (χ4v) is 5.11. The van der Waals surface area contributed by atoms with Crippen molar-refractivity contribution in [3.05, 3.63) is 105 Å². The molecule has 2 heterocycles. The van der Waals surface area contributed by atoms with Gasteiger partial charge in [-0.2, -0.15) is 0 Å². The molecule has 0 bridgehead atoms. The molecule has 1 unspecified atom stereocenters. The number of benzene rings is 2. The summed E-state index contributed by atoms with van der Waals surface area (Å²) in [5, 5.41) is 15.1. The van der Waals surface area contributed by atoms with Gasteiger partial charge in [0.25, 0.3) is 11.8 Å². The molecule has 2 aromatic carbocycles. The Balaban J connectivity index is 0.000000223. The first-order chi connectivity index (χ1) is 25.0. The molecule has 52 heavy (non-hydrogen) atoms. The van der Waals surface area contributed by atoms with Gasteiger partial charge in [-0.1, -0.05) is 49.2 Å². The summed E-state index contributed by atoms with van der Waals surface area (Å²) in [6.45, 7) is 6.88. The quantitative estimate of drug-likeness (QED) is 0.124. The Morgan fingerprint density at radius 3 is 1.90 bits per heavy atom. The number of hydrogen-bond acceptors (Lipinski definition) is 8. The molecule has 278 valence electrons. The van der Waals surface area contributed by atoms with E-state index in [4.69, 9.17) is 37.4 Å². The number of amides is 2. The number of carbonyl (C=O) groups is 2. The summed E-state index contributed by atoms with van der Waals surface area (Å²) in [6.07, 6.45) is 7.48. The second-order valence-electron chi connectivity index (χ2n) is 12.0. The summed E-state index contributed by atoms with van der Waals surface area (Å²) in [6, 6.07) is 11.1. The van der Waals surface area contributed by atoms with Crippen molar-refractivity contribution in [1.82, 2.24) is 20.6 Å². The topological polar surface area (TPSA) is 132 Å². The molecule has 0 aliphatic heterocycles. The van der Waals surface area contributed by atoms with E-state index in [0.717, 1.165) is 31.7 Å². The maximum Gasteiger partial charge on any atom is 0.258 e. The molecule has 0 spiro atoms. The van der Waals surface area contributed by atoms with Crippen LogP contribution in [0.1, 0.15) is 84.3 Å². The molecule has 1 atom stereocenters. The lowest BCUT2D eigenvalue weighted by atomic mass is 10.1. The molecule has 2 fully saturated rings. The fourth-order valence-electron chi connectivity index (χ4n) is 4.67. The second-order valence-corrected chi connectivity index (χ2v) is 12.8. The summed E-state index contributed by atoms with van der Waals surface area (Å²) in [4.78, 5) is 33.3. The van der Waals surface area contributed by atoms with Crippen LogP contribution in [-0.4, -0.2) is 47.2 Å². The Morgan fingerprint density at radius 2 is 1.40 bits per heavy atom. The molecule has 3 N–H and O–H groups in total. The first-order valence-corrected chi connectivity index (χ1v) is 17.7. The van der Waals surface area contributed by atoms with E-state index in [2.05, 4.69) is 20.6 Å². The number of nitrogens with one attached hydrogen (secondary N) is 2. The van der Waals surface area contributed by atoms with Gasteiger partial charge < -0.3 is 30.0 Å². The van der Waals surface area contributed by atoms with Crippen molar-refractivity contribution < 1.29 is 37.7 Å². The predicted molar refractivity (Wildman–Crippen MR) is 194 cm³/mol. The van der Waals surface area contributed by atoms with Gasteiger partial charge >= 0.3 is 0 Å². The zero-order valence-corrected chi connectivity index (χ0v) is 30.9. The number of pyridine rings is 2. The molecule has 2 saturated carbocycles. The van der Waals surface area contributed by atoms with Gasteiger partial charge in [-0.3, -0.25) is 9.59 Å². The van der Waals surface area contributed by atoms with Crippen LogP contribution in [0.15, 0.2) is 60.9 Å². The van der Waals surface area contributed by atoms with E-state index in [1.54, 1.807) is 13.0 Å². The summed E-state index contributed by atoms with van der Waals surface area (Å²) >= 11 is 12.3. The van der Waals surface area contributed by atoms with Crippen molar-refractivity contribution in [2.24, 2.45) is 11.8 Å². The zero-order chi connectivity index (χ0) is 37.8. The normalized spacial score (nSPS) is 13.7. The number of aromatic nitrogens is 2. The summed E-state index contributed by atoms with van der Waals surface area (Å²) in [5.41, 5.74) is 1.48. The SMILES string of the molecule is CC.COc1ccc(C(C)NC(=O)c2c(Cl)ccnc2OCC2CC2)cc1F.O=C(NCc1ccc(O)c(F)c1)c1c(Cl)ccnc1OCC1CC1. The summed E-state index contributed by atoms with van der Waals surface area (Å²) < 4.78 is 43.4. The molecule has 2 aliphatic rings. The van der Waals surface area contributed by atoms with Crippen LogP contribution in [0.5, 0.6) is 23.3 Å². The van der Waals surface area contributed by atoms with Crippen molar-refractivity contribution in [3.63, 3.8) is 0 Å². The average Bonchev–Trinajstić information content (AvgIpc) is 4.08. The van der Waals surface area contributed by atoms with Crippen LogP contribution in [0.4, 0.5) is 8.78 Å². The lowest BCUT2D eigenvalue weighted by Crippen LogP contribution is -2.28. The van der Waals surface area contributed by atoms with E-state index in [9.17, 15) is 23.5 Å². The van der Waals surface area contributed by atoms with Gasteiger partial charge in [-0.25, -0.2) is 18.7 Å². The van der Waals surface area contributed by atoms with Gasteiger partial charge in [0.05, 0.1) is 36.4 Å². The van der Waals surface area contributed by atoms with E-state index in [-0.39, 0.29) is 45.2 Å². The van der Waals surface area contributed by atoms with Gasteiger partial charge in [0.2, 0.25) is 11.8 Å². The summed E-state index contributed by atoms with van der Waals surface area (Å²) in [5.74, 6) is -0.929. The largest absolute Gasteiger partial charge is 0.505 e. The van der Waals surface area contributed by atoms with Gasteiger partial charge in [0.15, 0.2) is 23.1 Å². The van der Waals surface area contributed by atoms with Crippen LogP contribution in [0.2, 0.25) is 10.0 Å². The number of rotatable bonds is 13. The molecule has 0 radical (unpaired) electrons. The molecule has 2 aliphatic carbocycles. The minimum absolute atomic E-state index is 0.0866. The van der Waals surface area contributed by atoms with E-state index in [1.165, 1.54) is 55.9 Å². The number of phenolic OH excluding ortho intramolecular Hbond substituents is 1. The molecule has 10 nitrogen and oxygen atoms in total. The van der Waals surface area contributed by atoms with Crippen LogP contribution >= 0.6 is 23.2 Å². The van der Waals surface area contributed by atoms with Crippen molar-refractivity contribution >= 4 is 35.0 Å². The highest BCUT2D eigenvalue weighted by molar-refractivity contribution is 6.34. The minimum atomic E-state index is -0.741. The number of aromatic hydroxyl groups is 1. The van der Waals surface area contributed by atoms with Gasteiger partial charge in [0, 0.05) is 18.9 Å². The Labute approximate surface area is 311 Å². The number of halogens is 4. The Kier molecular flexibility index (Phi) is 14.8. The fraction of sp³-hybridized carbons (Fsp3) is 0.368. The third kappa shape index (κ3) is 11.4. The molecule has 2 amide bonds. The van der Waals surface area contributed by atoms with Crippen LogP contribution in [-0.2, 0) is 6.54 Å². The molecular weight excluding hydrogens is 717 g/mol. The number of hydrogen-bond donors (Lipinski definition) is 3. The van der Waals surface area contributed by atoms with E-state index in [1.807, 2.05) is 13.8 Å². The highest BCUT2D eigenvalue weighted by Gasteiger charge is 2.26. The highest BCUT2D eigenvalue weighted by Crippen LogP contribution is 2.33. The monoisotopic (exact) mass is 758 g/mol. The number of methoxy groups -OCH3 is 1. The summed E-state index contributed by atoms with van der Waals surface area (Å²) in [7, 11) is 1.40. The molecule has 2 aromatic heterocycles. The van der Waals surface area contributed by atoms with E-state index >= 15 is 0 Å². The maximum atomic E-state index is 13.9. The third-order valence-electron chi connectivity index (χ3n) is 7.98. The van der Waals surface area contributed by atoms with Crippen molar-refractivity contribution in [2.75, 3.05) is 20.3 Å². The van der Waals surface area contributed by atoms with Crippen LogP contribution in [0.3, 0.4) is 0 Å². The first kappa shape index (κ1) is 40.1. The van der Waals surface area contributed by atoms with Crippen molar-refractivity contribution in [1.29, 1.82) is 0 Å². The average molecular weight is 760 g/mol. The smallest absolute Gasteiger partial charge is 0.258 e. The van der Waals surface area contributed by atoms with Crippen molar-refractivity contribution in [2.45, 2.75) is 59.0 Å². The number of nitrogens with zero attached hydrogens (tertiary/aromatic N) is 2. The highest BCUT2D eigenvalue weighted by atomic mass is 35.5. The van der Waals surface area contributed by atoms with Crippen LogP contribution in [0, 0.1) is 23.5 Å². The first-order valence-electron chi connectivity index (χ1n) is 17.0. The van der Waals surface area contributed by atoms with Gasteiger partial charge in [0.1, 0.15) is 11.1 Å². The number of ether oxygens (including phenoxy) is 3. The Morgan fingerprint density at radius 1 is 0.846 bits per heavy atom. The minimum Gasteiger partial charge on any atom is -0.505 e. The maximum absolute atomic E-state index is 13.9. The lowest BCUT2D eigenvalue weighted by Gasteiger charge is -2.17.